The van der Waals surface area contributed by atoms with Gasteiger partial charge in [-0.15, -0.1) is 11.8 Å². The highest BCUT2D eigenvalue weighted by Gasteiger charge is 2.35. The van der Waals surface area contributed by atoms with Crippen molar-refractivity contribution in [2.75, 3.05) is 30.7 Å². The number of nitrogens with zero attached hydrogens (tertiary/aromatic N) is 2. The number of nitrogens with one attached hydrogen (secondary N) is 1. The van der Waals surface area contributed by atoms with Crippen LogP contribution >= 0.6 is 11.8 Å². The Hall–Kier alpha value is -2.68. The average Bonchev–Trinajstić information content (AvgIpc) is 3.18. The SMILES string of the molecule is CC(C)(C)c1ccc(C2SCC(=O)N2CC2CCN(C(=O)Nc3ccc(C(F)(F)F)cc3)CC2)cc1. The van der Waals surface area contributed by atoms with Crippen LogP contribution in [0.15, 0.2) is 48.5 Å². The van der Waals surface area contributed by atoms with Crippen molar-refractivity contribution < 1.29 is 22.8 Å². The summed E-state index contributed by atoms with van der Waals surface area (Å²) in [6.45, 7) is 8.27. The normalized spacial score (nSPS) is 19.6. The molecule has 2 saturated heterocycles. The second-order valence-electron chi connectivity index (χ2n) is 10.5. The first-order chi connectivity index (χ1) is 16.9. The van der Waals surface area contributed by atoms with Gasteiger partial charge in [0.15, 0.2) is 0 Å². The van der Waals surface area contributed by atoms with Crippen LogP contribution in [0, 0.1) is 5.92 Å². The van der Waals surface area contributed by atoms with Crippen LogP contribution in [0.25, 0.3) is 0 Å². The third kappa shape index (κ3) is 6.17. The molecular weight excluding hydrogens is 487 g/mol. The number of amides is 3. The van der Waals surface area contributed by atoms with E-state index in [4.69, 9.17) is 0 Å². The maximum Gasteiger partial charge on any atom is 0.416 e. The number of benzene rings is 2. The number of carbonyl (C=O) groups is 2. The summed E-state index contributed by atoms with van der Waals surface area (Å²) >= 11 is 1.65. The van der Waals surface area contributed by atoms with Crippen molar-refractivity contribution in [3.63, 3.8) is 0 Å². The number of anilines is 1. The van der Waals surface area contributed by atoms with Crippen molar-refractivity contribution in [3.8, 4) is 0 Å². The summed E-state index contributed by atoms with van der Waals surface area (Å²) in [6.07, 6.45) is -2.87. The number of rotatable bonds is 4. The highest BCUT2D eigenvalue weighted by Crippen LogP contribution is 2.40. The highest BCUT2D eigenvalue weighted by atomic mass is 32.2. The predicted molar refractivity (Wildman–Crippen MR) is 137 cm³/mol. The van der Waals surface area contributed by atoms with Crippen LogP contribution in [0.5, 0.6) is 0 Å². The fourth-order valence-electron chi connectivity index (χ4n) is 4.62. The topological polar surface area (TPSA) is 52.7 Å². The molecule has 0 bridgehead atoms. The highest BCUT2D eigenvalue weighted by molar-refractivity contribution is 8.00. The first-order valence-corrected chi connectivity index (χ1v) is 13.2. The van der Waals surface area contributed by atoms with Crippen molar-refractivity contribution in [2.45, 2.75) is 50.6 Å². The Labute approximate surface area is 214 Å². The molecule has 1 unspecified atom stereocenters. The van der Waals surface area contributed by atoms with E-state index in [1.54, 1.807) is 16.7 Å². The Morgan fingerprint density at radius 3 is 2.11 bits per heavy atom. The average molecular weight is 520 g/mol. The molecule has 0 aliphatic carbocycles. The van der Waals surface area contributed by atoms with Crippen LogP contribution in [-0.2, 0) is 16.4 Å². The van der Waals surface area contributed by atoms with E-state index in [2.05, 4.69) is 50.4 Å². The molecule has 0 aromatic heterocycles. The molecule has 4 rings (SSSR count). The minimum Gasteiger partial charge on any atom is -0.326 e. The lowest BCUT2D eigenvalue weighted by Crippen LogP contribution is -2.44. The molecule has 3 amide bonds. The fourth-order valence-corrected chi connectivity index (χ4v) is 5.82. The number of alkyl halides is 3. The van der Waals surface area contributed by atoms with Gasteiger partial charge in [0.05, 0.1) is 11.3 Å². The van der Waals surface area contributed by atoms with Gasteiger partial charge < -0.3 is 15.1 Å². The van der Waals surface area contributed by atoms with Gasteiger partial charge in [0.25, 0.3) is 0 Å². The lowest BCUT2D eigenvalue weighted by atomic mass is 9.86. The Morgan fingerprint density at radius 2 is 1.56 bits per heavy atom. The van der Waals surface area contributed by atoms with Crippen molar-refractivity contribution in [3.05, 3.63) is 65.2 Å². The number of hydrogen-bond acceptors (Lipinski definition) is 3. The second kappa shape index (κ2) is 10.4. The third-order valence-electron chi connectivity index (χ3n) is 6.85. The molecule has 2 heterocycles. The molecule has 0 radical (unpaired) electrons. The fraction of sp³-hybridized carbons (Fsp3) is 0.481. The van der Waals surface area contributed by atoms with Crippen LogP contribution in [0.3, 0.4) is 0 Å². The summed E-state index contributed by atoms with van der Waals surface area (Å²) in [5.41, 5.74) is 2.04. The zero-order valence-corrected chi connectivity index (χ0v) is 21.6. The number of likely N-dealkylation sites (tertiary alicyclic amines) is 1. The van der Waals surface area contributed by atoms with Crippen LogP contribution in [0.4, 0.5) is 23.7 Å². The number of carbonyl (C=O) groups excluding carboxylic acids is 2. The zero-order chi connectivity index (χ0) is 26.1. The summed E-state index contributed by atoms with van der Waals surface area (Å²) in [5, 5.41) is 2.69. The molecule has 2 aliphatic heterocycles. The summed E-state index contributed by atoms with van der Waals surface area (Å²) in [4.78, 5) is 28.9. The molecule has 36 heavy (non-hydrogen) atoms. The molecule has 0 spiro atoms. The molecule has 1 atom stereocenters. The van der Waals surface area contributed by atoms with Crippen molar-refractivity contribution >= 4 is 29.4 Å². The largest absolute Gasteiger partial charge is 0.416 e. The predicted octanol–water partition coefficient (Wildman–Crippen LogP) is 6.52. The Kier molecular flexibility index (Phi) is 7.59. The summed E-state index contributed by atoms with van der Waals surface area (Å²) in [5.74, 6) is 0.909. The van der Waals surface area contributed by atoms with Crippen LogP contribution in [-0.4, -0.2) is 47.1 Å². The third-order valence-corrected chi connectivity index (χ3v) is 8.11. The van der Waals surface area contributed by atoms with E-state index in [1.165, 1.54) is 17.7 Å². The maximum absolute atomic E-state index is 12.7. The quantitative estimate of drug-likeness (QED) is 0.500. The number of piperidine rings is 1. The first-order valence-electron chi connectivity index (χ1n) is 12.2. The van der Waals surface area contributed by atoms with Crippen molar-refractivity contribution in [1.29, 1.82) is 0 Å². The van der Waals surface area contributed by atoms with Gasteiger partial charge >= 0.3 is 12.2 Å². The molecule has 2 fully saturated rings. The van der Waals surface area contributed by atoms with Crippen LogP contribution in [0.2, 0.25) is 0 Å². The van der Waals surface area contributed by atoms with E-state index in [1.807, 2.05) is 4.90 Å². The lowest BCUT2D eigenvalue weighted by Gasteiger charge is -2.35. The maximum atomic E-state index is 12.7. The summed E-state index contributed by atoms with van der Waals surface area (Å²) < 4.78 is 38.2. The van der Waals surface area contributed by atoms with Gasteiger partial charge in [-0.3, -0.25) is 4.79 Å². The number of hydrogen-bond donors (Lipinski definition) is 1. The summed E-state index contributed by atoms with van der Waals surface area (Å²) in [7, 11) is 0. The molecular formula is C27H32F3N3O2S. The van der Waals surface area contributed by atoms with Gasteiger partial charge in [0, 0.05) is 25.3 Å². The molecule has 194 valence electrons. The lowest BCUT2D eigenvalue weighted by molar-refractivity contribution is -0.137. The number of thioether (sulfide) groups is 1. The van der Waals surface area contributed by atoms with E-state index in [0.717, 1.165) is 30.5 Å². The molecule has 2 aromatic carbocycles. The molecule has 2 aromatic rings. The molecule has 9 heteroatoms. The van der Waals surface area contributed by atoms with Gasteiger partial charge in [-0.2, -0.15) is 13.2 Å². The Balaban J connectivity index is 1.31. The van der Waals surface area contributed by atoms with Crippen molar-refractivity contribution in [2.24, 2.45) is 5.92 Å². The monoisotopic (exact) mass is 519 g/mol. The van der Waals surface area contributed by atoms with E-state index in [-0.39, 0.29) is 22.7 Å². The Bertz CT molecular complexity index is 1070. The molecule has 2 aliphatic rings. The molecule has 0 saturated carbocycles. The van der Waals surface area contributed by atoms with Gasteiger partial charge in [0.1, 0.15) is 5.37 Å². The Morgan fingerprint density at radius 1 is 0.972 bits per heavy atom. The minimum absolute atomic E-state index is 0.00696. The van der Waals surface area contributed by atoms with Gasteiger partial charge in [0.2, 0.25) is 5.91 Å². The molecule has 5 nitrogen and oxygen atoms in total. The van der Waals surface area contributed by atoms with Gasteiger partial charge in [-0.25, -0.2) is 4.79 Å². The van der Waals surface area contributed by atoms with Crippen molar-refractivity contribution in [1.82, 2.24) is 9.80 Å². The number of halogens is 3. The van der Waals surface area contributed by atoms with E-state index in [0.29, 0.717) is 37.0 Å². The van der Waals surface area contributed by atoms with Crippen LogP contribution < -0.4 is 5.32 Å². The van der Waals surface area contributed by atoms with Crippen LogP contribution in [0.1, 0.15) is 55.7 Å². The van der Waals surface area contributed by atoms with E-state index in [9.17, 15) is 22.8 Å². The van der Waals surface area contributed by atoms with E-state index >= 15 is 0 Å². The zero-order valence-electron chi connectivity index (χ0n) is 20.8. The smallest absolute Gasteiger partial charge is 0.326 e. The van der Waals surface area contributed by atoms with Gasteiger partial charge in [-0.05, 0) is 59.6 Å². The standard InChI is InChI=1S/C27H32F3N3O2S/c1-26(2,3)20-6-4-19(5-7-20)24-33(23(34)17-36-24)16-18-12-14-32(15-13-18)25(35)31-22-10-8-21(9-11-22)27(28,29)30/h4-11,18,24H,12-17H2,1-3H3,(H,31,35). The van der Waals surface area contributed by atoms with E-state index < -0.39 is 11.7 Å². The minimum atomic E-state index is -4.41. The molecule has 1 N–H and O–H groups in total. The number of urea groups is 1. The summed E-state index contributed by atoms with van der Waals surface area (Å²) in [6, 6.07) is 12.7. The second-order valence-corrected chi connectivity index (χ2v) is 11.6. The van der Waals surface area contributed by atoms with Gasteiger partial charge in [-0.1, -0.05) is 45.0 Å². The first kappa shape index (κ1) is 26.4.